The predicted octanol–water partition coefficient (Wildman–Crippen LogP) is 2.30. The summed E-state index contributed by atoms with van der Waals surface area (Å²) in [4.78, 5) is 0. The molecule has 3 atom stereocenters. The normalized spacial score (nSPS) is 30.5. The molecule has 2 rings (SSSR count). The first kappa shape index (κ1) is 11.6. The maximum atomic E-state index is 4.21. The van der Waals surface area contributed by atoms with Gasteiger partial charge in [0.15, 0.2) is 0 Å². The molecule has 0 aliphatic heterocycles. The molecular formula is C13H23N3. The highest BCUT2D eigenvalue weighted by Gasteiger charge is 2.26. The SMILES string of the molecule is CC1CCCC(NCCn2cccn2)C1C. The molecule has 0 aromatic carbocycles. The maximum absolute atomic E-state index is 4.21. The lowest BCUT2D eigenvalue weighted by atomic mass is 9.78. The Bertz CT molecular complexity index is 294. The molecule has 1 N–H and O–H groups in total. The second kappa shape index (κ2) is 5.48. The van der Waals surface area contributed by atoms with Gasteiger partial charge in [0, 0.05) is 25.0 Å². The Kier molecular flexibility index (Phi) is 3.99. The Balaban J connectivity index is 1.73. The van der Waals surface area contributed by atoms with Crippen LogP contribution in [0.15, 0.2) is 18.5 Å². The fourth-order valence-corrected chi connectivity index (χ4v) is 2.67. The third-order valence-corrected chi connectivity index (χ3v) is 4.01. The minimum absolute atomic E-state index is 0.708. The summed E-state index contributed by atoms with van der Waals surface area (Å²) in [5.41, 5.74) is 0. The van der Waals surface area contributed by atoms with Gasteiger partial charge in [-0.1, -0.05) is 26.7 Å². The molecule has 1 heterocycles. The van der Waals surface area contributed by atoms with Gasteiger partial charge in [0.25, 0.3) is 0 Å². The summed E-state index contributed by atoms with van der Waals surface area (Å²) in [5.74, 6) is 1.68. The molecule has 3 nitrogen and oxygen atoms in total. The zero-order valence-electron chi connectivity index (χ0n) is 10.4. The zero-order chi connectivity index (χ0) is 11.4. The van der Waals surface area contributed by atoms with E-state index in [4.69, 9.17) is 0 Å². The number of hydrogen-bond donors (Lipinski definition) is 1. The van der Waals surface area contributed by atoms with Crippen LogP contribution in [0.4, 0.5) is 0 Å². The largest absolute Gasteiger partial charge is 0.312 e. The summed E-state index contributed by atoms with van der Waals surface area (Å²) in [7, 11) is 0. The molecule has 0 saturated heterocycles. The van der Waals surface area contributed by atoms with Gasteiger partial charge in [-0.25, -0.2) is 0 Å². The lowest BCUT2D eigenvalue weighted by Gasteiger charge is -2.34. The maximum Gasteiger partial charge on any atom is 0.0534 e. The summed E-state index contributed by atoms with van der Waals surface area (Å²) < 4.78 is 1.99. The molecule has 1 aromatic heterocycles. The van der Waals surface area contributed by atoms with Gasteiger partial charge in [0.2, 0.25) is 0 Å². The summed E-state index contributed by atoms with van der Waals surface area (Å²) in [6, 6.07) is 2.69. The molecule has 0 bridgehead atoms. The van der Waals surface area contributed by atoms with Gasteiger partial charge in [-0.3, -0.25) is 4.68 Å². The molecule has 90 valence electrons. The van der Waals surface area contributed by atoms with Crippen molar-refractivity contribution in [2.45, 2.75) is 45.7 Å². The quantitative estimate of drug-likeness (QED) is 0.845. The van der Waals surface area contributed by atoms with Crippen molar-refractivity contribution in [2.75, 3.05) is 6.54 Å². The van der Waals surface area contributed by atoms with Gasteiger partial charge in [-0.15, -0.1) is 0 Å². The molecule has 1 aliphatic rings. The smallest absolute Gasteiger partial charge is 0.0534 e. The van der Waals surface area contributed by atoms with E-state index in [2.05, 4.69) is 24.3 Å². The van der Waals surface area contributed by atoms with Gasteiger partial charge >= 0.3 is 0 Å². The van der Waals surface area contributed by atoms with Crippen LogP contribution in [0, 0.1) is 11.8 Å². The molecular weight excluding hydrogens is 198 g/mol. The van der Waals surface area contributed by atoms with Crippen molar-refractivity contribution < 1.29 is 0 Å². The molecule has 1 aromatic rings. The number of aromatic nitrogens is 2. The topological polar surface area (TPSA) is 29.9 Å². The van der Waals surface area contributed by atoms with Crippen molar-refractivity contribution in [3.8, 4) is 0 Å². The van der Waals surface area contributed by atoms with E-state index in [1.807, 2.05) is 23.1 Å². The molecule has 16 heavy (non-hydrogen) atoms. The van der Waals surface area contributed by atoms with E-state index in [0.29, 0.717) is 6.04 Å². The second-order valence-electron chi connectivity index (χ2n) is 5.10. The third-order valence-electron chi connectivity index (χ3n) is 4.01. The van der Waals surface area contributed by atoms with E-state index in [9.17, 15) is 0 Å². The van der Waals surface area contributed by atoms with Crippen molar-refractivity contribution in [3.63, 3.8) is 0 Å². The van der Waals surface area contributed by atoms with Crippen molar-refractivity contribution in [1.29, 1.82) is 0 Å². The predicted molar refractivity (Wildman–Crippen MR) is 66.2 cm³/mol. The molecule has 3 heteroatoms. The summed E-state index contributed by atoms with van der Waals surface area (Å²) in [6.45, 7) is 6.77. The number of hydrogen-bond acceptors (Lipinski definition) is 2. The van der Waals surface area contributed by atoms with Gasteiger partial charge in [-0.2, -0.15) is 5.10 Å². The number of nitrogens with one attached hydrogen (secondary N) is 1. The summed E-state index contributed by atoms with van der Waals surface area (Å²) >= 11 is 0. The zero-order valence-corrected chi connectivity index (χ0v) is 10.4. The molecule has 1 aliphatic carbocycles. The molecule has 3 unspecified atom stereocenters. The monoisotopic (exact) mass is 221 g/mol. The standard InChI is InChI=1S/C13H23N3/c1-11-5-3-6-13(12(11)2)14-8-10-16-9-4-7-15-16/h4,7,9,11-14H,3,5-6,8,10H2,1-2H3. The van der Waals surface area contributed by atoms with E-state index in [1.54, 1.807) is 0 Å². The Labute approximate surface area is 98.2 Å². The Morgan fingerprint density at radius 2 is 2.25 bits per heavy atom. The fraction of sp³-hybridized carbons (Fsp3) is 0.769. The summed E-state index contributed by atoms with van der Waals surface area (Å²) in [5, 5.41) is 7.89. The highest BCUT2D eigenvalue weighted by molar-refractivity contribution is 4.82. The Morgan fingerprint density at radius 3 is 3.00 bits per heavy atom. The molecule has 0 spiro atoms. The van der Waals surface area contributed by atoms with E-state index in [1.165, 1.54) is 19.3 Å². The van der Waals surface area contributed by atoms with Crippen LogP contribution < -0.4 is 5.32 Å². The third kappa shape index (κ3) is 2.85. The Hall–Kier alpha value is -0.830. The van der Waals surface area contributed by atoms with E-state index in [0.717, 1.165) is 24.9 Å². The first-order valence-corrected chi connectivity index (χ1v) is 6.48. The molecule has 1 fully saturated rings. The van der Waals surface area contributed by atoms with Gasteiger partial charge < -0.3 is 5.32 Å². The lowest BCUT2D eigenvalue weighted by Crippen LogP contribution is -2.41. The molecule has 0 amide bonds. The van der Waals surface area contributed by atoms with Crippen LogP contribution in [0.5, 0.6) is 0 Å². The first-order chi connectivity index (χ1) is 7.77. The van der Waals surface area contributed by atoms with Gasteiger partial charge in [0.1, 0.15) is 0 Å². The lowest BCUT2D eigenvalue weighted by molar-refractivity contribution is 0.205. The average molecular weight is 221 g/mol. The van der Waals surface area contributed by atoms with Crippen molar-refractivity contribution >= 4 is 0 Å². The average Bonchev–Trinajstić information content (AvgIpc) is 2.77. The first-order valence-electron chi connectivity index (χ1n) is 6.48. The van der Waals surface area contributed by atoms with Crippen LogP contribution in [0.25, 0.3) is 0 Å². The van der Waals surface area contributed by atoms with Crippen LogP contribution in [-0.2, 0) is 6.54 Å². The second-order valence-corrected chi connectivity index (χ2v) is 5.10. The van der Waals surface area contributed by atoms with Crippen LogP contribution in [-0.4, -0.2) is 22.4 Å². The van der Waals surface area contributed by atoms with Crippen molar-refractivity contribution in [3.05, 3.63) is 18.5 Å². The van der Waals surface area contributed by atoms with Gasteiger partial charge in [-0.05, 0) is 24.3 Å². The van der Waals surface area contributed by atoms with E-state index >= 15 is 0 Å². The van der Waals surface area contributed by atoms with Crippen molar-refractivity contribution in [2.24, 2.45) is 11.8 Å². The van der Waals surface area contributed by atoms with Crippen LogP contribution >= 0.6 is 0 Å². The van der Waals surface area contributed by atoms with Crippen molar-refractivity contribution in [1.82, 2.24) is 15.1 Å². The van der Waals surface area contributed by atoms with Gasteiger partial charge in [0.05, 0.1) is 6.54 Å². The van der Waals surface area contributed by atoms with Crippen LogP contribution in [0.1, 0.15) is 33.1 Å². The minimum Gasteiger partial charge on any atom is -0.312 e. The number of rotatable bonds is 4. The van der Waals surface area contributed by atoms with Crippen LogP contribution in [0.2, 0.25) is 0 Å². The number of nitrogens with zero attached hydrogens (tertiary/aromatic N) is 2. The molecule has 0 radical (unpaired) electrons. The Morgan fingerprint density at radius 1 is 1.38 bits per heavy atom. The highest BCUT2D eigenvalue weighted by atomic mass is 15.3. The van der Waals surface area contributed by atoms with E-state index in [-0.39, 0.29) is 0 Å². The highest BCUT2D eigenvalue weighted by Crippen LogP contribution is 2.29. The molecule has 1 saturated carbocycles. The van der Waals surface area contributed by atoms with Crippen LogP contribution in [0.3, 0.4) is 0 Å². The van der Waals surface area contributed by atoms with E-state index < -0.39 is 0 Å². The summed E-state index contributed by atoms with van der Waals surface area (Å²) in [6.07, 6.45) is 7.98. The minimum atomic E-state index is 0.708. The fourth-order valence-electron chi connectivity index (χ4n) is 2.67.